The van der Waals surface area contributed by atoms with Gasteiger partial charge in [0.2, 0.25) is 0 Å². The minimum Gasteiger partial charge on any atom is -0.463 e. The van der Waals surface area contributed by atoms with Gasteiger partial charge in [-0.2, -0.15) is 0 Å². The summed E-state index contributed by atoms with van der Waals surface area (Å²) in [6, 6.07) is 0. The molecule has 0 aliphatic heterocycles. The molecule has 20 heavy (non-hydrogen) atoms. The van der Waals surface area contributed by atoms with Gasteiger partial charge in [-0.15, -0.1) is 0 Å². The smallest absolute Gasteiger partial charge is 0.306 e. The second kappa shape index (κ2) is 15.0. The van der Waals surface area contributed by atoms with Crippen LogP contribution < -0.4 is 0 Å². The second-order valence-corrected chi connectivity index (χ2v) is 6.27. The summed E-state index contributed by atoms with van der Waals surface area (Å²) in [5.74, 6) is 0.868. The van der Waals surface area contributed by atoms with Crippen molar-refractivity contribution in [1.82, 2.24) is 0 Å². The first-order valence-electron chi connectivity index (χ1n) is 6.24. The normalized spacial score (nSPS) is 10.3. The largest absolute Gasteiger partial charge is 0.463 e. The molecule has 8 heteroatoms. The van der Waals surface area contributed by atoms with E-state index in [1.54, 1.807) is 35.8 Å². The molecule has 0 rings (SSSR count). The van der Waals surface area contributed by atoms with Crippen LogP contribution in [0.4, 0.5) is 0 Å². The first-order valence-corrected chi connectivity index (χ1v) is 8.73. The van der Waals surface area contributed by atoms with E-state index in [0.717, 1.165) is 0 Å². The molecular weight excluding hydrogens is 304 g/mol. The van der Waals surface area contributed by atoms with Crippen molar-refractivity contribution in [2.24, 2.45) is 0 Å². The number of rotatable bonds is 13. The van der Waals surface area contributed by atoms with Crippen LogP contribution in [0.1, 0.15) is 12.8 Å². The van der Waals surface area contributed by atoms with Crippen LogP contribution in [0.15, 0.2) is 0 Å². The van der Waals surface area contributed by atoms with Gasteiger partial charge >= 0.3 is 11.9 Å². The Bertz CT molecular complexity index is 236. The average Bonchev–Trinajstić information content (AvgIpc) is 2.43. The van der Waals surface area contributed by atoms with Crippen LogP contribution in [0.2, 0.25) is 0 Å². The quantitative estimate of drug-likeness (QED) is 0.287. The Morgan fingerprint density at radius 1 is 0.750 bits per heavy atom. The number of methoxy groups -OCH3 is 2. The highest BCUT2D eigenvalue weighted by molar-refractivity contribution is 8.76. The van der Waals surface area contributed by atoms with Gasteiger partial charge in [-0.05, 0) is 0 Å². The number of hydrogen-bond donors (Lipinski definition) is 0. The van der Waals surface area contributed by atoms with Crippen LogP contribution in [0.5, 0.6) is 0 Å². The van der Waals surface area contributed by atoms with Crippen molar-refractivity contribution in [1.29, 1.82) is 0 Å². The third-order valence-corrected chi connectivity index (χ3v) is 4.37. The Balaban J connectivity index is 3.27. The van der Waals surface area contributed by atoms with Crippen molar-refractivity contribution >= 4 is 33.5 Å². The van der Waals surface area contributed by atoms with E-state index in [9.17, 15) is 9.59 Å². The molecule has 0 heterocycles. The highest BCUT2D eigenvalue weighted by Crippen LogP contribution is 2.22. The lowest BCUT2D eigenvalue weighted by Gasteiger charge is -2.04. The maximum absolute atomic E-state index is 11.2. The molecule has 0 saturated heterocycles. The van der Waals surface area contributed by atoms with Gasteiger partial charge in [-0.25, -0.2) is 0 Å². The van der Waals surface area contributed by atoms with Gasteiger partial charge in [0.15, 0.2) is 0 Å². The molecule has 0 aliphatic carbocycles. The number of ether oxygens (including phenoxy) is 4. The number of hydrogen-bond acceptors (Lipinski definition) is 8. The molecule has 0 aromatic heterocycles. The summed E-state index contributed by atoms with van der Waals surface area (Å²) in [5.41, 5.74) is 0. The summed E-state index contributed by atoms with van der Waals surface area (Å²) in [6.07, 6.45) is 0.722. The monoisotopic (exact) mass is 326 g/mol. The van der Waals surface area contributed by atoms with Gasteiger partial charge in [0.05, 0.1) is 26.1 Å². The molecule has 0 aliphatic rings. The van der Waals surface area contributed by atoms with Crippen molar-refractivity contribution in [3.63, 3.8) is 0 Å². The van der Waals surface area contributed by atoms with E-state index >= 15 is 0 Å². The highest BCUT2D eigenvalue weighted by atomic mass is 33.1. The van der Waals surface area contributed by atoms with E-state index in [0.29, 0.717) is 50.8 Å². The molecule has 0 atom stereocenters. The molecule has 0 N–H and O–H groups in total. The van der Waals surface area contributed by atoms with Crippen molar-refractivity contribution in [2.75, 3.05) is 52.2 Å². The number of esters is 2. The molecular formula is C12H22O6S2. The van der Waals surface area contributed by atoms with Crippen LogP contribution in [0.3, 0.4) is 0 Å². The Labute approximate surface area is 127 Å². The zero-order chi connectivity index (χ0) is 15.1. The van der Waals surface area contributed by atoms with Gasteiger partial charge in [0.1, 0.15) is 13.2 Å². The molecule has 0 aromatic carbocycles. The zero-order valence-corrected chi connectivity index (χ0v) is 13.6. The summed E-state index contributed by atoms with van der Waals surface area (Å²) >= 11 is 0. The van der Waals surface area contributed by atoms with E-state index in [2.05, 4.69) is 0 Å². The predicted molar refractivity (Wildman–Crippen MR) is 79.8 cm³/mol. The van der Waals surface area contributed by atoms with Gasteiger partial charge in [-0.1, -0.05) is 21.6 Å². The SMILES string of the molecule is COCCOC(=O)CCSSCCC(=O)OCCOC. The first kappa shape index (κ1) is 19.6. The highest BCUT2D eigenvalue weighted by Gasteiger charge is 2.05. The van der Waals surface area contributed by atoms with Crippen molar-refractivity contribution in [3.05, 3.63) is 0 Å². The maximum Gasteiger partial charge on any atom is 0.306 e. The van der Waals surface area contributed by atoms with Crippen LogP contribution in [0.25, 0.3) is 0 Å². The molecule has 0 amide bonds. The predicted octanol–water partition coefficient (Wildman–Crippen LogP) is 1.53. The fraction of sp³-hybridized carbons (Fsp3) is 0.833. The Kier molecular flexibility index (Phi) is 14.6. The van der Waals surface area contributed by atoms with E-state index in [1.807, 2.05) is 0 Å². The lowest BCUT2D eigenvalue weighted by atomic mass is 10.5. The summed E-state index contributed by atoms with van der Waals surface area (Å²) in [4.78, 5) is 22.4. The second-order valence-electron chi connectivity index (χ2n) is 3.57. The van der Waals surface area contributed by atoms with Gasteiger partial charge in [0, 0.05) is 25.7 Å². The third kappa shape index (κ3) is 14.0. The summed E-state index contributed by atoms with van der Waals surface area (Å²) < 4.78 is 19.4. The molecule has 0 bridgehead atoms. The molecule has 0 spiro atoms. The summed E-state index contributed by atoms with van der Waals surface area (Å²) in [5, 5.41) is 0. The van der Waals surface area contributed by atoms with Crippen LogP contribution in [-0.2, 0) is 28.5 Å². The number of carbonyl (C=O) groups is 2. The topological polar surface area (TPSA) is 71.1 Å². The van der Waals surface area contributed by atoms with Crippen LogP contribution in [-0.4, -0.2) is 64.1 Å². The van der Waals surface area contributed by atoms with Crippen LogP contribution in [0, 0.1) is 0 Å². The lowest BCUT2D eigenvalue weighted by Crippen LogP contribution is -2.10. The third-order valence-electron chi connectivity index (χ3n) is 1.96. The van der Waals surface area contributed by atoms with Crippen molar-refractivity contribution in [2.45, 2.75) is 12.8 Å². The van der Waals surface area contributed by atoms with E-state index in [4.69, 9.17) is 18.9 Å². The molecule has 0 fully saturated rings. The Hall–Kier alpha value is -0.440. The zero-order valence-electron chi connectivity index (χ0n) is 11.9. The number of carbonyl (C=O) groups excluding carboxylic acids is 2. The standard InChI is InChI=1S/C12H22O6S2/c1-15-5-7-17-11(13)3-9-19-20-10-4-12(14)18-8-6-16-2/h3-10H2,1-2H3. The van der Waals surface area contributed by atoms with Gasteiger partial charge < -0.3 is 18.9 Å². The van der Waals surface area contributed by atoms with E-state index < -0.39 is 0 Å². The molecule has 0 aromatic rings. The summed E-state index contributed by atoms with van der Waals surface area (Å²) in [6.45, 7) is 1.42. The molecule has 0 saturated carbocycles. The minimum atomic E-state index is -0.228. The van der Waals surface area contributed by atoms with E-state index in [1.165, 1.54) is 0 Å². The molecule has 0 unspecified atom stereocenters. The first-order chi connectivity index (χ1) is 9.70. The van der Waals surface area contributed by atoms with Crippen molar-refractivity contribution in [3.8, 4) is 0 Å². The lowest BCUT2D eigenvalue weighted by molar-refractivity contribution is -0.145. The Morgan fingerprint density at radius 2 is 1.15 bits per heavy atom. The summed E-state index contributed by atoms with van der Waals surface area (Å²) in [7, 11) is 6.20. The Morgan fingerprint density at radius 3 is 1.50 bits per heavy atom. The fourth-order valence-electron chi connectivity index (χ4n) is 0.990. The molecule has 0 radical (unpaired) electrons. The van der Waals surface area contributed by atoms with E-state index in [-0.39, 0.29) is 11.9 Å². The fourth-order valence-corrected chi connectivity index (χ4v) is 2.93. The van der Waals surface area contributed by atoms with Crippen molar-refractivity contribution < 1.29 is 28.5 Å². The van der Waals surface area contributed by atoms with Gasteiger partial charge in [-0.3, -0.25) is 9.59 Å². The average molecular weight is 326 g/mol. The van der Waals surface area contributed by atoms with Gasteiger partial charge in [0.25, 0.3) is 0 Å². The maximum atomic E-state index is 11.2. The molecule has 6 nitrogen and oxygen atoms in total. The van der Waals surface area contributed by atoms with Crippen LogP contribution >= 0.6 is 21.6 Å². The molecule has 118 valence electrons. The minimum absolute atomic E-state index is 0.228.